The average molecular weight is 439 g/mol. The van der Waals surface area contributed by atoms with E-state index in [0.717, 1.165) is 20.3 Å². The second-order valence-corrected chi connectivity index (χ2v) is 7.63. The molecular weight excluding hydrogens is 410 g/mol. The monoisotopic (exact) mass is 439 g/mol. The maximum Gasteiger partial charge on any atom is 0.294 e. The second kappa shape index (κ2) is 11.8. The molecule has 0 amide bonds. The van der Waals surface area contributed by atoms with E-state index in [2.05, 4.69) is 0 Å². The Kier molecular flexibility index (Phi) is 10.5. The molecule has 12 nitrogen and oxygen atoms in total. The van der Waals surface area contributed by atoms with Crippen molar-refractivity contribution in [3.63, 3.8) is 0 Å². The van der Waals surface area contributed by atoms with E-state index in [1.807, 2.05) is 6.92 Å². The minimum absolute atomic E-state index is 0.0150. The molecule has 1 aliphatic heterocycles. The highest BCUT2D eigenvalue weighted by atomic mass is 32.2. The van der Waals surface area contributed by atoms with Gasteiger partial charge in [0.25, 0.3) is 10.1 Å². The number of aryl methyl sites for hydroxylation is 1. The van der Waals surface area contributed by atoms with Gasteiger partial charge in [0.15, 0.2) is 19.1 Å². The maximum atomic E-state index is 10.5. The molecule has 1 fully saturated rings. The quantitative estimate of drug-likeness (QED) is 0.213. The summed E-state index contributed by atoms with van der Waals surface area (Å²) in [5.74, 6) is 0. The first-order valence-electron chi connectivity index (χ1n) is 8.76. The number of aliphatic hydroxyl groups excluding tert-OH is 6. The molecule has 1 heterocycles. The summed E-state index contributed by atoms with van der Waals surface area (Å²) < 4.78 is 29.6. The van der Waals surface area contributed by atoms with Crippen LogP contribution in [0, 0.1) is 6.92 Å². The average Bonchev–Trinajstić information content (AvgIpc) is 2.66. The van der Waals surface area contributed by atoms with Gasteiger partial charge in [-0.05, 0) is 19.1 Å². The third kappa shape index (κ3) is 7.20. The lowest BCUT2D eigenvalue weighted by Gasteiger charge is -2.51. The molecule has 1 saturated heterocycles. The standard InChI is InChI=1S/C9H21N3O6.C7H8O3S/c13-4-1-10-7(16)11(2-5-14)9(18)12(3-6-15)8(10)17;1-6-2-4-7(5-3-6)11(8,9)10/h7-9,13-18H,1-6H2;2-5H,1H3,(H,8,9,10). The summed E-state index contributed by atoms with van der Waals surface area (Å²) in [4.78, 5) is 3.34. The molecule has 2 rings (SSSR count). The van der Waals surface area contributed by atoms with E-state index in [0.29, 0.717) is 0 Å². The Morgan fingerprint density at radius 3 is 1.31 bits per heavy atom. The lowest BCUT2D eigenvalue weighted by molar-refractivity contribution is -0.341. The SMILES string of the molecule is Cc1ccc(S(=O)(=O)O)cc1.OCCN1C(O)N(CCO)C(O)N(CCO)C1O. The van der Waals surface area contributed by atoms with Crippen molar-refractivity contribution in [2.75, 3.05) is 39.5 Å². The van der Waals surface area contributed by atoms with E-state index in [4.69, 9.17) is 19.9 Å². The van der Waals surface area contributed by atoms with Gasteiger partial charge in [-0.2, -0.15) is 8.42 Å². The van der Waals surface area contributed by atoms with Crippen LogP contribution < -0.4 is 0 Å². The molecule has 0 aliphatic carbocycles. The van der Waals surface area contributed by atoms with Crippen molar-refractivity contribution >= 4 is 10.1 Å². The first kappa shape index (κ1) is 25.8. The van der Waals surface area contributed by atoms with E-state index in [1.54, 1.807) is 12.1 Å². The number of rotatable bonds is 7. The van der Waals surface area contributed by atoms with Gasteiger partial charge in [0, 0.05) is 19.6 Å². The van der Waals surface area contributed by atoms with Crippen LogP contribution in [0.25, 0.3) is 0 Å². The Labute approximate surface area is 169 Å². The van der Waals surface area contributed by atoms with Crippen LogP contribution >= 0.6 is 0 Å². The van der Waals surface area contributed by atoms with Gasteiger partial charge >= 0.3 is 0 Å². The number of β-amino-alcohol motifs (C(OH)–C–C–N with tert-alkyl or cyclic N) is 3. The predicted molar refractivity (Wildman–Crippen MR) is 100 cm³/mol. The van der Waals surface area contributed by atoms with Gasteiger partial charge in [-0.3, -0.25) is 4.55 Å². The zero-order valence-corrected chi connectivity index (χ0v) is 16.8. The van der Waals surface area contributed by atoms with Gasteiger partial charge < -0.3 is 30.6 Å². The molecule has 0 saturated carbocycles. The molecule has 1 aromatic rings. The Hall–Kier alpha value is -1.23. The highest BCUT2D eigenvalue weighted by Gasteiger charge is 2.43. The molecule has 168 valence electrons. The third-order valence-electron chi connectivity index (χ3n) is 4.17. The summed E-state index contributed by atoms with van der Waals surface area (Å²) in [7, 11) is -4.02. The van der Waals surface area contributed by atoms with E-state index >= 15 is 0 Å². The van der Waals surface area contributed by atoms with Crippen LogP contribution in [0.1, 0.15) is 5.56 Å². The summed E-state index contributed by atoms with van der Waals surface area (Å²) >= 11 is 0. The maximum absolute atomic E-state index is 10.5. The Bertz CT molecular complexity index is 654. The van der Waals surface area contributed by atoms with Gasteiger partial charge in [0.2, 0.25) is 0 Å². The van der Waals surface area contributed by atoms with Crippen molar-refractivity contribution in [3.8, 4) is 0 Å². The first-order valence-corrected chi connectivity index (χ1v) is 10.2. The number of aliphatic hydroxyl groups is 6. The van der Waals surface area contributed by atoms with E-state index < -0.39 is 29.2 Å². The molecule has 13 heteroatoms. The summed E-state index contributed by atoms with van der Waals surface area (Å²) in [6.45, 7) is 0.933. The zero-order valence-electron chi connectivity index (χ0n) is 16.0. The van der Waals surface area contributed by atoms with Crippen LogP contribution in [-0.2, 0) is 10.1 Å². The van der Waals surface area contributed by atoms with Crippen LogP contribution in [0.4, 0.5) is 0 Å². The van der Waals surface area contributed by atoms with Crippen molar-refractivity contribution in [1.82, 2.24) is 14.7 Å². The van der Waals surface area contributed by atoms with Crippen LogP contribution in [0.5, 0.6) is 0 Å². The van der Waals surface area contributed by atoms with Crippen molar-refractivity contribution < 1.29 is 43.6 Å². The topological polar surface area (TPSA) is 185 Å². The van der Waals surface area contributed by atoms with Gasteiger partial charge in [0.05, 0.1) is 24.7 Å². The van der Waals surface area contributed by atoms with E-state index in [9.17, 15) is 23.7 Å². The van der Waals surface area contributed by atoms with E-state index in [-0.39, 0.29) is 44.4 Å². The van der Waals surface area contributed by atoms with Gasteiger partial charge in [-0.15, -0.1) is 0 Å². The zero-order chi connectivity index (χ0) is 22.2. The number of hydrogen-bond donors (Lipinski definition) is 7. The first-order chi connectivity index (χ1) is 13.6. The second-order valence-electron chi connectivity index (χ2n) is 6.21. The van der Waals surface area contributed by atoms with Crippen molar-refractivity contribution in [3.05, 3.63) is 29.8 Å². The van der Waals surface area contributed by atoms with Crippen LogP contribution in [-0.4, -0.2) is 117 Å². The molecule has 1 aromatic carbocycles. The van der Waals surface area contributed by atoms with Gasteiger partial charge in [-0.1, -0.05) is 17.7 Å². The third-order valence-corrected chi connectivity index (χ3v) is 5.04. The van der Waals surface area contributed by atoms with E-state index in [1.165, 1.54) is 12.1 Å². The number of benzene rings is 1. The summed E-state index contributed by atoms with van der Waals surface area (Å²) in [5, 5.41) is 56.5. The highest BCUT2D eigenvalue weighted by molar-refractivity contribution is 7.85. The molecule has 0 atom stereocenters. The van der Waals surface area contributed by atoms with Crippen LogP contribution in [0.15, 0.2) is 29.2 Å². The fraction of sp³-hybridized carbons (Fsp3) is 0.625. The Morgan fingerprint density at radius 2 is 1.07 bits per heavy atom. The normalized spacial score (nSPS) is 24.2. The van der Waals surface area contributed by atoms with Crippen molar-refractivity contribution in [2.24, 2.45) is 0 Å². The molecule has 0 bridgehead atoms. The molecule has 29 heavy (non-hydrogen) atoms. The Balaban J connectivity index is 0.000000326. The Morgan fingerprint density at radius 1 is 0.759 bits per heavy atom. The molecular formula is C16H29N3O9S. The van der Waals surface area contributed by atoms with Gasteiger partial charge in [-0.25, -0.2) is 14.7 Å². The molecule has 0 unspecified atom stereocenters. The molecule has 1 aliphatic rings. The van der Waals surface area contributed by atoms with Gasteiger partial charge in [0.1, 0.15) is 0 Å². The minimum Gasteiger partial charge on any atom is -0.395 e. The largest absolute Gasteiger partial charge is 0.395 e. The summed E-state index contributed by atoms with van der Waals surface area (Å²) in [5.41, 5.74) is 0.956. The molecule has 0 spiro atoms. The summed E-state index contributed by atoms with van der Waals surface area (Å²) in [6.07, 6.45) is -3.99. The fourth-order valence-electron chi connectivity index (χ4n) is 2.68. The minimum atomic E-state index is -4.02. The molecule has 0 radical (unpaired) electrons. The fourth-order valence-corrected chi connectivity index (χ4v) is 3.16. The molecule has 7 N–H and O–H groups in total. The van der Waals surface area contributed by atoms with Crippen LogP contribution in [0.3, 0.4) is 0 Å². The summed E-state index contributed by atoms with van der Waals surface area (Å²) in [6, 6.07) is 5.99. The molecule has 0 aromatic heterocycles. The number of hydrogen-bond acceptors (Lipinski definition) is 11. The highest BCUT2D eigenvalue weighted by Crippen LogP contribution is 2.21. The number of nitrogens with zero attached hydrogens (tertiary/aromatic N) is 3. The van der Waals surface area contributed by atoms with Crippen LogP contribution in [0.2, 0.25) is 0 Å². The lowest BCUT2D eigenvalue weighted by atomic mass is 10.2. The lowest BCUT2D eigenvalue weighted by Crippen LogP contribution is -2.71. The van der Waals surface area contributed by atoms with Crippen molar-refractivity contribution in [1.29, 1.82) is 0 Å². The smallest absolute Gasteiger partial charge is 0.294 e. The van der Waals surface area contributed by atoms with Crippen molar-refractivity contribution in [2.45, 2.75) is 30.9 Å². The predicted octanol–water partition coefficient (Wildman–Crippen LogP) is -3.05.